The van der Waals surface area contributed by atoms with Crippen molar-refractivity contribution in [2.45, 2.75) is 34.1 Å². The summed E-state index contributed by atoms with van der Waals surface area (Å²) in [6.45, 7) is 5.70. The summed E-state index contributed by atoms with van der Waals surface area (Å²) in [5.41, 5.74) is 8.47. The average Bonchev–Trinajstić information content (AvgIpc) is 0.835. The SMILES string of the molecule is CC(=O)C=C(C)O.CC(=O)C=C(C)O.Fc1c[c-]c(-c2ccccn2)c(F)c1.Fc1c[c-]c(-c2ccccn2)c(F)n1.O=C(O)c1ccccn1.[Ir].[Ir].[Ir].[Ir].[Ir].[c-]1ccccc1-c1ccccn1.[c-]1ccccc1-c1nccc2ccccc12.[c-]1ccccc1C1=NC2=CC=CCC2C=C1. The number of carbonyl (C=O) groups excluding carboxylic acids is 2. The van der Waals surface area contributed by atoms with Crippen molar-refractivity contribution >= 4 is 34.0 Å². The number of hydrogen-bond acceptors (Lipinski definition) is 12. The third-order valence-corrected chi connectivity index (χ3v) is 12.3. The first-order valence-electron chi connectivity index (χ1n) is 29.1. The van der Waals surface area contributed by atoms with Gasteiger partial charge in [0.25, 0.3) is 0 Å². The molecule has 0 fully saturated rings. The number of halogens is 4. The molecule has 0 spiro atoms. The average molecular weight is 2230 g/mol. The molecule has 1 aliphatic heterocycles. The molecule has 7 heterocycles. The number of nitrogens with zero attached hydrogens (tertiary/aromatic N) is 7. The zero-order chi connectivity index (χ0) is 68.2. The van der Waals surface area contributed by atoms with E-state index in [-0.39, 0.29) is 140 Å². The molecule has 0 bridgehead atoms. The molecule has 6 aromatic heterocycles. The minimum Gasteiger partial charge on any atom is -0.512 e. The van der Waals surface area contributed by atoms with Gasteiger partial charge in [-0.2, -0.15) is 0 Å². The summed E-state index contributed by atoms with van der Waals surface area (Å²) in [6.07, 6.45) is 22.3. The van der Waals surface area contributed by atoms with Gasteiger partial charge in [-0.15, -0.1) is 126 Å². The summed E-state index contributed by atoms with van der Waals surface area (Å²) in [4.78, 5) is 58.0. The molecular weight excluding hydrogens is 2170 g/mol. The van der Waals surface area contributed by atoms with E-state index in [1.165, 1.54) is 69.1 Å². The number of rotatable bonds is 8. The maximum Gasteiger partial charge on any atom is 0.354 e. The van der Waals surface area contributed by atoms with Crippen LogP contribution in [0.15, 0.2) is 290 Å². The second-order valence-electron chi connectivity index (χ2n) is 19.8. The van der Waals surface area contributed by atoms with Gasteiger partial charge in [0.05, 0.1) is 11.5 Å². The predicted octanol–water partition coefficient (Wildman–Crippen LogP) is 17.4. The van der Waals surface area contributed by atoms with Crippen LogP contribution in [0.2, 0.25) is 0 Å². The van der Waals surface area contributed by atoms with Crippen molar-refractivity contribution in [1.82, 2.24) is 29.9 Å². The van der Waals surface area contributed by atoms with Crippen LogP contribution in [0.25, 0.3) is 55.8 Å². The first kappa shape index (κ1) is 89.0. The van der Waals surface area contributed by atoms with E-state index in [9.17, 15) is 31.9 Å². The number of aromatic carboxylic acids is 1. The molecule has 5 radical (unpaired) electrons. The van der Waals surface area contributed by atoms with Gasteiger partial charge in [-0.05, 0) is 116 Å². The number of dihydropyridines is 1. The number of carboxylic acids is 1. The summed E-state index contributed by atoms with van der Waals surface area (Å²) < 4.78 is 51.4. The zero-order valence-corrected chi connectivity index (χ0v) is 65.5. The summed E-state index contributed by atoms with van der Waals surface area (Å²) in [5.74, 6) is -3.72. The molecule has 0 amide bonds. The molecule has 1 aliphatic carbocycles. The number of pyridine rings is 6. The maximum atomic E-state index is 13.2. The van der Waals surface area contributed by atoms with E-state index in [1.54, 1.807) is 60.9 Å². The Kier molecular flexibility index (Phi) is 44.1. The molecule has 1 atom stereocenters. The van der Waals surface area contributed by atoms with Gasteiger partial charge in [0, 0.05) is 167 Å². The van der Waals surface area contributed by atoms with Crippen LogP contribution in [0.1, 0.15) is 50.2 Å². The number of hydrogen-bond donors (Lipinski definition) is 3. The second kappa shape index (κ2) is 49.5. The van der Waals surface area contributed by atoms with Crippen LogP contribution in [-0.2, 0) is 110 Å². The van der Waals surface area contributed by atoms with E-state index >= 15 is 0 Å². The number of ketones is 2. The fourth-order valence-electron chi connectivity index (χ4n) is 8.26. The minimum atomic E-state index is -0.990. The molecule has 1 unspecified atom stereocenters. The first-order chi connectivity index (χ1) is 45.9. The van der Waals surface area contributed by atoms with Crippen LogP contribution in [0.3, 0.4) is 0 Å². The quantitative estimate of drug-likeness (QED) is 0.0428. The normalized spacial score (nSPS) is 11.7. The van der Waals surface area contributed by atoms with Crippen molar-refractivity contribution in [3.63, 3.8) is 0 Å². The molecule has 2 aliphatic rings. The van der Waals surface area contributed by atoms with Gasteiger partial charge >= 0.3 is 5.97 Å². The molecule has 100 heavy (non-hydrogen) atoms. The number of benzene rings is 5. The zero-order valence-electron chi connectivity index (χ0n) is 53.6. The van der Waals surface area contributed by atoms with E-state index in [0.717, 1.165) is 64.1 Å². The van der Waals surface area contributed by atoms with Crippen LogP contribution in [0.4, 0.5) is 17.6 Å². The van der Waals surface area contributed by atoms with E-state index in [2.05, 4.69) is 108 Å². The van der Waals surface area contributed by atoms with E-state index < -0.39 is 29.5 Å². The van der Waals surface area contributed by atoms with Crippen LogP contribution in [-0.4, -0.2) is 68.5 Å². The summed E-state index contributed by atoms with van der Waals surface area (Å²) >= 11 is 0. The van der Waals surface area contributed by atoms with Crippen molar-refractivity contribution < 1.29 is 148 Å². The number of carbonyl (C=O) groups is 3. The smallest absolute Gasteiger partial charge is 0.354 e. The molecule has 0 saturated heterocycles. The van der Waals surface area contributed by atoms with Crippen LogP contribution in [0.5, 0.6) is 0 Å². The van der Waals surface area contributed by atoms with Gasteiger partial charge in [0.1, 0.15) is 17.6 Å². The largest absolute Gasteiger partial charge is 0.512 e. The number of aliphatic hydroxyl groups excluding tert-OH is 2. The Labute approximate surface area is 646 Å². The molecule has 3 N–H and O–H groups in total. The van der Waals surface area contributed by atoms with Gasteiger partial charge in [-0.3, -0.25) is 23.4 Å². The fraction of sp³-hybridized carbons (Fsp3) is 0.0769. The number of aliphatic imine (C=N–C) groups is 1. The Hall–Kier alpha value is -8.99. The summed E-state index contributed by atoms with van der Waals surface area (Å²) in [6, 6.07) is 72.2. The van der Waals surface area contributed by atoms with Gasteiger partial charge < -0.3 is 40.2 Å². The molecule has 13 rings (SSSR count). The van der Waals surface area contributed by atoms with Gasteiger partial charge in [-0.25, -0.2) is 18.6 Å². The third kappa shape index (κ3) is 32.3. The molecule has 523 valence electrons. The molecular formula is C78H62F4Ir5N7O6-5. The van der Waals surface area contributed by atoms with Crippen LogP contribution < -0.4 is 0 Å². The van der Waals surface area contributed by atoms with Gasteiger partial charge in [0.2, 0.25) is 0 Å². The Balaban J connectivity index is 0.000000577. The Bertz CT molecular complexity index is 4260. The van der Waals surface area contributed by atoms with E-state index in [1.807, 2.05) is 115 Å². The molecule has 11 aromatic rings. The van der Waals surface area contributed by atoms with E-state index in [4.69, 9.17) is 15.3 Å². The van der Waals surface area contributed by atoms with E-state index in [0.29, 0.717) is 17.3 Å². The molecule has 13 nitrogen and oxygen atoms in total. The first-order valence-corrected chi connectivity index (χ1v) is 29.1. The fourth-order valence-corrected chi connectivity index (χ4v) is 8.26. The van der Waals surface area contributed by atoms with Gasteiger partial charge in [0.15, 0.2) is 11.6 Å². The minimum absolute atomic E-state index is 0. The van der Waals surface area contributed by atoms with Crippen LogP contribution >= 0.6 is 0 Å². The number of carboxylic acid groups (broad SMARTS) is 1. The molecule has 22 heteroatoms. The topological polar surface area (TPSA) is 202 Å². The Morgan fingerprint density at radius 1 is 0.510 bits per heavy atom. The summed E-state index contributed by atoms with van der Waals surface area (Å²) in [5, 5.41) is 27.4. The van der Waals surface area contributed by atoms with Crippen molar-refractivity contribution in [1.29, 1.82) is 0 Å². The monoisotopic (exact) mass is 2230 g/mol. The second-order valence-corrected chi connectivity index (χ2v) is 19.8. The summed E-state index contributed by atoms with van der Waals surface area (Å²) in [7, 11) is 0. The Morgan fingerprint density at radius 2 is 1.01 bits per heavy atom. The molecule has 0 saturated carbocycles. The van der Waals surface area contributed by atoms with Crippen LogP contribution in [0, 0.1) is 59.8 Å². The number of aromatic nitrogens is 6. The number of fused-ring (bicyclic) bond motifs is 2. The van der Waals surface area contributed by atoms with Gasteiger partial charge in [-0.1, -0.05) is 114 Å². The molecule has 5 aromatic carbocycles. The number of aliphatic hydroxyl groups is 2. The third-order valence-electron chi connectivity index (χ3n) is 12.3. The van der Waals surface area contributed by atoms with Crippen molar-refractivity contribution in [2.24, 2.45) is 10.9 Å². The predicted molar refractivity (Wildman–Crippen MR) is 361 cm³/mol. The standard InChI is InChI=1S/C15H10N.C15H12N.C11H6F2N.C11H8N.C10H5F2N2.C6H5NO2.2C5H8O2.5Ir/c1-2-7-13(8-3-1)15-14-9-5-4-6-12(14)10-11-16-15;1-2-6-12(7-3-1)15-11-10-13-8-4-5-9-14(13)16-15;12-8-4-5-9(10(13)7-8)11-3-1-2-6-14-11;1-2-6-10(7-3-1)11-8-4-5-9-12-11;11-9-5-4-7(10(12)14-9)8-3-1-2-6-13-8;8-6(9)5-3-1-2-4-7-5;2*1-4(6)3-5(2)7;;;;;/h1-7,9-11H;1-6,9-11,13H,8H2;1-4,6-7H;1-6,8-9H;1-3,5-6H;1-4H,(H,8,9);2*3,6H,1-2H3;;;;;/q5*-1;;;;;;;;. The number of allylic oxidation sites excluding steroid dienone is 9. The van der Waals surface area contributed by atoms with Crippen molar-refractivity contribution in [3.8, 4) is 45.0 Å². The van der Waals surface area contributed by atoms with Crippen molar-refractivity contribution in [3.05, 3.63) is 350 Å². The Morgan fingerprint density at radius 3 is 1.48 bits per heavy atom. The maximum absolute atomic E-state index is 13.2. The van der Waals surface area contributed by atoms with Crippen molar-refractivity contribution in [2.75, 3.05) is 0 Å².